The molecule has 4 rings (SSSR count). The van der Waals surface area contributed by atoms with Gasteiger partial charge < -0.3 is 10.1 Å². The van der Waals surface area contributed by atoms with Crippen molar-refractivity contribution in [3.05, 3.63) is 70.7 Å². The van der Waals surface area contributed by atoms with Crippen molar-refractivity contribution in [2.75, 3.05) is 7.11 Å². The highest BCUT2D eigenvalue weighted by Gasteiger charge is 2.50. The summed E-state index contributed by atoms with van der Waals surface area (Å²) in [7, 11) is 1.57. The quantitative estimate of drug-likeness (QED) is 0.621. The highest BCUT2D eigenvalue weighted by Crippen LogP contribution is 2.33. The molecule has 1 unspecified atom stereocenters. The van der Waals surface area contributed by atoms with Crippen LogP contribution >= 0.6 is 11.3 Å². The van der Waals surface area contributed by atoms with Gasteiger partial charge in [-0.25, -0.2) is 18.6 Å². The normalized spacial score (nSPS) is 18.6. The number of rotatable bonds is 5. The number of urea groups is 1. The van der Waals surface area contributed by atoms with E-state index < -0.39 is 29.1 Å². The highest BCUT2D eigenvalue weighted by molar-refractivity contribution is 7.13. The number of nitrogens with zero attached hydrogens (tertiary/aromatic N) is 2. The summed E-state index contributed by atoms with van der Waals surface area (Å²) in [6, 6.07) is 9.61. The number of hydrogen-bond donors (Lipinski definition) is 1. The molecule has 3 aromatic rings. The van der Waals surface area contributed by atoms with E-state index in [-0.39, 0.29) is 12.1 Å². The SMILES string of the molecule is COc1cccc(-c2nc(CN3C(=O)NC(C)(c4ccc(F)cc4F)C3=O)cs2)c1. The molecule has 1 saturated heterocycles. The van der Waals surface area contributed by atoms with Crippen LogP contribution in [-0.2, 0) is 16.9 Å². The van der Waals surface area contributed by atoms with Crippen LogP contribution in [0.1, 0.15) is 18.2 Å². The third-order valence-corrected chi connectivity index (χ3v) is 5.87. The summed E-state index contributed by atoms with van der Waals surface area (Å²) >= 11 is 1.37. The lowest BCUT2D eigenvalue weighted by molar-refractivity contribution is -0.131. The second-order valence-corrected chi connectivity index (χ2v) is 7.80. The molecule has 1 atom stereocenters. The fraction of sp³-hybridized carbons (Fsp3) is 0.190. The van der Waals surface area contributed by atoms with Crippen LogP contribution < -0.4 is 10.1 Å². The van der Waals surface area contributed by atoms with Crippen molar-refractivity contribution in [2.45, 2.75) is 19.0 Å². The predicted octanol–water partition coefficient (Wildman–Crippen LogP) is 4.06. The fourth-order valence-corrected chi connectivity index (χ4v) is 4.16. The lowest BCUT2D eigenvalue weighted by Gasteiger charge is -2.22. The van der Waals surface area contributed by atoms with Gasteiger partial charge in [0.1, 0.15) is 27.9 Å². The lowest BCUT2D eigenvalue weighted by Crippen LogP contribution is -2.41. The molecule has 1 aliphatic rings. The van der Waals surface area contributed by atoms with Gasteiger partial charge in [0.15, 0.2) is 0 Å². The summed E-state index contributed by atoms with van der Waals surface area (Å²) in [5, 5.41) is 4.98. The molecule has 2 heterocycles. The average Bonchev–Trinajstić information content (AvgIpc) is 3.27. The molecule has 30 heavy (non-hydrogen) atoms. The number of carbonyl (C=O) groups excluding carboxylic acids is 2. The number of methoxy groups -OCH3 is 1. The molecule has 1 N–H and O–H groups in total. The average molecular weight is 429 g/mol. The standard InChI is InChI=1S/C21H17F2N3O3S/c1-21(16-7-6-13(22)9-17(16)23)19(27)26(20(28)25-21)10-14-11-30-18(24-14)12-4-3-5-15(8-12)29-2/h3-9,11H,10H2,1-2H3,(H,25,28). The van der Waals surface area contributed by atoms with Crippen molar-refractivity contribution < 1.29 is 23.1 Å². The number of thiazole rings is 1. The van der Waals surface area contributed by atoms with Gasteiger partial charge in [-0.1, -0.05) is 18.2 Å². The van der Waals surface area contributed by atoms with Crippen molar-refractivity contribution >= 4 is 23.3 Å². The molecule has 1 aromatic heterocycles. The molecule has 1 fully saturated rings. The second kappa shape index (κ2) is 7.49. The van der Waals surface area contributed by atoms with E-state index >= 15 is 0 Å². The maximum absolute atomic E-state index is 14.3. The first-order chi connectivity index (χ1) is 14.3. The Kier molecular flexibility index (Phi) is 4.98. The number of nitrogens with one attached hydrogen (secondary N) is 1. The minimum atomic E-state index is -1.62. The minimum absolute atomic E-state index is 0.0659. The first-order valence-corrected chi connectivity index (χ1v) is 9.88. The monoisotopic (exact) mass is 429 g/mol. The van der Waals surface area contributed by atoms with Gasteiger partial charge in [0.2, 0.25) is 0 Å². The van der Waals surface area contributed by atoms with Crippen molar-refractivity contribution in [2.24, 2.45) is 0 Å². The number of halogens is 2. The Hall–Kier alpha value is -3.33. The first-order valence-electron chi connectivity index (χ1n) is 9.00. The summed E-state index contributed by atoms with van der Waals surface area (Å²) in [5.41, 5.74) is -0.355. The summed E-state index contributed by atoms with van der Waals surface area (Å²) in [5.74, 6) is -1.60. The van der Waals surface area contributed by atoms with E-state index in [1.54, 1.807) is 12.5 Å². The number of amides is 3. The smallest absolute Gasteiger partial charge is 0.325 e. The number of ether oxygens (including phenoxy) is 1. The molecular formula is C21H17F2N3O3S. The van der Waals surface area contributed by atoms with Crippen LogP contribution in [-0.4, -0.2) is 28.9 Å². The molecule has 1 aliphatic heterocycles. The maximum atomic E-state index is 14.3. The van der Waals surface area contributed by atoms with Gasteiger partial charge in [-0.05, 0) is 25.1 Å². The van der Waals surface area contributed by atoms with Crippen molar-refractivity contribution in [1.82, 2.24) is 15.2 Å². The summed E-state index contributed by atoms with van der Waals surface area (Å²) in [6.45, 7) is 1.33. The molecule has 9 heteroatoms. The van der Waals surface area contributed by atoms with Gasteiger partial charge in [-0.15, -0.1) is 11.3 Å². The molecule has 2 aromatic carbocycles. The first kappa shape index (κ1) is 20.0. The van der Waals surface area contributed by atoms with Gasteiger partial charge in [0.25, 0.3) is 5.91 Å². The van der Waals surface area contributed by atoms with Gasteiger partial charge in [-0.3, -0.25) is 9.69 Å². The molecule has 0 bridgehead atoms. The van der Waals surface area contributed by atoms with E-state index in [9.17, 15) is 18.4 Å². The van der Waals surface area contributed by atoms with Gasteiger partial charge >= 0.3 is 6.03 Å². The zero-order valence-electron chi connectivity index (χ0n) is 16.1. The molecule has 0 saturated carbocycles. The van der Waals surface area contributed by atoms with Gasteiger partial charge in [0.05, 0.1) is 19.3 Å². The summed E-state index contributed by atoms with van der Waals surface area (Å²) < 4.78 is 32.7. The van der Waals surface area contributed by atoms with Crippen LogP contribution in [0.25, 0.3) is 10.6 Å². The molecule has 0 aliphatic carbocycles. The molecule has 6 nitrogen and oxygen atoms in total. The highest BCUT2D eigenvalue weighted by atomic mass is 32.1. The van der Waals surface area contributed by atoms with Crippen LogP contribution in [0.4, 0.5) is 13.6 Å². The molecular weight excluding hydrogens is 412 g/mol. The Bertz CT molecular complexity index is 1150. The number of hydrogen-bond acceptors (Lipinski definition) is 5. The third kappa shape index (κ3) is 3.41. The van der Waals surface area contributed by atoms with Crippen LogP contribution in [0.15, 0.2) is 47.8 Å². The predicted molar refractivity (Wildman–Crippen MR) is 107 cm³/mol. The van der Waals surface area contributed by atoms with Crippen LogP contribution in [0.3, 0.4) is 0 Å². The van der Waals surface area contributed by atoms with E-state index in [0.717, 1.165) is 22.6 Å². The number of aromatic nitrogens is 1. The Balaban J connectivity index is 1.58. The van der Waals surface area contributed by atoms with E-state index in [0.29, 0.717) is 22.5 Å². The molecule has 0 radical (unpaired) electrons. The Morgan fingerprint density at radius 3 is 2.73 bits per heavy atom. The zero-order chi connectivity index (χ0) is 21.5. The Labute approximate surface area is 175 Å². The topological polar surface area (TPSA) is 71.5 Å². The fourth-order valence-electron chi connectivity index (χ4n) is 3.35. The molecule has 3 amide bonds. The van der Waals surface area contributed by atoms with Gasteiger partial charge in [-0.2, -0.15) is 0 Å². The van der Waals surface area contributed by atoms with E-state index in [1.807, 2.05) is 24.3 Å². The Morgan fingerprint density at radius 2 is 2.00 bits per heavy atom. The zero-order valence-corrected chi connectivity index (χ0v) is 16.9. The van der Waals surface area contributed by atoms with Crippen LogP contribution in [0.2, 0.25) is 0 Å². The third-order valence-electron chi connectivity index (χ3n) is 4.93. The van der Waals surface area contributed by atoms with Crippen LogP contribution in [0.5, 0.6) is 5.75 Å². The summed E-state index contributed by atoms with van der Waals surface area (Å²) in [4.78, 5) is 30.9. The maximum Gasteiger partial charge on any atom is 0.325 e. The minimum Gasteiger partial charge on any atom is -0.497 e. The van der Waals surface area contributed by atoms with Crippen molar-refractivity contribution in [3.8, 4) is 16.3 Å². The molecule has 154 valence electrons. The van der Waals surface area contributed by atoms with Crippen LogP contribution in [0, 0.1) is 11.6 Å². The van der Waals surface area contributed by atoms with E-state index in [1.165, 1.54) is 18.3 Å². The Morgan fingerprint density at radius 1 is 1.20 bits per heavy atom. The van der Waals surface area contributed by atoms with Gasteiger partial charge in [0, 0.05) is 22.6 Å². The second-order valence-electron chi connectivity index (χ2n) is 6.95. The van der Waals surface area contributed by atoms with E-state index in [2.05, 4.69) is 10.3 Å². The number of carbonyl (C=O) groups is 2. The lowest BCUT2D eigenvalue weighted by atomic mass is 9.91. The van der Waals surface area contributed by atoms with E-state index in [4.69, 9.17) is 4.74 Å². The summed E-state index contributed by atoms with van der Waals surface area (Å²) in [6.07, 6.45) is 0. The van der Waals surface area contributed by atoms with Crippen molar-refractivity contribution in [3.63, 3.8) is 0 Å². The molecule has 0 spiro atoms. The largest absolute Gasteiger partial charge is 0.497 e. The number of imide groups is 1. The van der Waals surface area contributed by atoms with Crippen molar-refractivity contribution in [1.29, 1.82) is 0 Å². The number of benzene rings is 2.